The van der Waals surface area contributed by atoms with Gasteiger partial charge in [0, 0.05) is 56.9 Å². The Labute approximate surface area is 150 Å². The lowest BCUT2D eigenvalue weighted by Crippen LogP contribution is -2.39. The van der Waals surface area contributed by atoms with Gasteiger partial charge in [0.1, 0.15) is 4.34 Å². The van der Waals surface area contributed by atoms with E-state index < -0.39 is 0 Å². The first-order valence-electron chi connectivity index (χ1n) is 7.35. The minimum atomic E-state index is 0.761. The smallest absolute Gasteiger partial charge is 0.193 e. The van der Waals surface area contributed by atoms with Crippen LogP contribution < -0.4 is 5.32 Å². The molecule has 0 spiro atoms. The lowest BCUT2D eigenvalue weighted by molar-refractivity contribution is 0.462. The molecule has 5 nitrogen and oxygen atoms in total. The maximum atomic E-state index is 6.03. The van der Waals surface area contributed by atoms with E-state index in [-0.39, 0.29) is 0 Å². The van der Waals surface area contributed by atoms with Crippen LogP contribution in [0.25, 0.3) is 0 Å². The molecule has 0 aromatic carbocycles. The molecule has 0 saturated heterocycles. The Hall–Kier alpha value is -1.18. The lowest BCUT2D eigenvalue weighted by atomic mass is 10.4. The average Bonchev–Trinajstić information content (AvgIpc) is 3.13. The first-order chi connectivity index (χ1) is 11.1. The third kappa shape index (κ3) is 5.75. The first-order valence-corrected chi connectivity index (χ1v) is 9.59. The zero-order valence-corrected chi connectivity index (χ0v) is 16.0. The molecule has 0 aliphatic heterocycles. The minimum Gasteiger partial charge on any atom is -0.356 e. The highest BCUT2D eigenvalue weighted by molar-refractivity contribution is 8.00. The monoisotopic (exact) mass is 371 g/mol. The normalized spacial score (nSPS) is 11.7. The third-order valence-corrected chi connectivity index (χ3v) is 5.55. The molecular weight excluding hydrogens is 350 g/mol. The molecule has 0 radical (unpaired) electrons. The summed E-state index contributed by atoms with van der Waals surface area (Å²) in [5.74, 6) is 1.94. The zero-order chi connectivity index (χ0) is 16.7. The standard InChI is InChI=1S/C15H22ClN5S2/c1-17-14(18-5-4-7-22-15-19-6-8-23-15)21(3)11-13-9-12(16)10-20(13)2/h6,8-10H,4-5,7,11H2,1-3H3,(H,17,18). The number of halogens is 1. The summed E-state index contributed by atoms with van der Waals surface area (Å²) in [7, 11) is 5.84. The Morgan fingerprint density at radius 1 is 1.57 bits per heavy atom. The minimum absolute atomic E-state index is 0.761. The molecule has 2 aromatic rings. The number of nitrogens with one attached hydrogen (secondary N) is 1. The van der Waals surface area contributed by atoms with Gasteiger partial charge in [0.05, 0.1) is 11.6 Å². The van der Waals surface area contributed by atoms with E-state index in [9.17, 15) is 0 Å². The van der Waals surface area contributed by atoms with E-state index in [1.807, 2.05) is 42.5 Å². The molecule has 0 bridgehead atoms. The molecule has 2 rings (SSSR count). The summed E-state index contributed by atoms with van der Waals surface area (Å²) in [5.41, 5.74) is 1.15. The van der Waals surface area contributed by atoms with Crippen LogP contribution in [0.4, 0.5) is 0 Å². The number of aliphatic imine (C=N–C) groups is 1. The number of aryl methyl sites for hydroxylation is 1. The molecule has 0 fully saturated rings. The average molecular weight is 372 g/mol. The quantitative estimate of drug-likeness (QED) is 0.351. The van der Waals surface area contributed by atoms with Crippen LogP contribution in [0, 0.1) is 0 Å². The molecule has 23 heavy (non-hydrogen) atoms. The molecule has 8 heteroatoms. The Morgan fingerprint density at radius 3 is 3.00 bits per heavy atom. The molecule has 0 unspecified atom stereocenters. The summed E-state index contributed by atoms with van der Waals surface area (Å²) < 4.78 is 3.17. The van der Waals surface area contributed by atoms with Gasteiger partial charge in [-0.05, 0) is 12.5 Å². The third-order valence-electron chi connectivity index (χ3n) is 3.29. The molecule has 0 aliphatic carbocycles. The molecule has 2 heterocycles. The highest BCUT2D eigenvalue weighted by Gasteiger charge is 2.09. The largest absolute Gasteiger partial charge is 0.356 e. The maximum absolute atomic E-state index is 6.03. The number of aromatic nitrogens is 2. The van der Waals surface area contributed by atoms with Gasteiger partial charge in [0.15, 0.2) is 5.96 Å². The number of thioether (sulfide) groups is 1. The molecule has 0 amide bonds. The van der Waals surface area contributed by atoms with Crippen LogP contribution in [0.2, 0.25) is 5.02 Å². The van der Waals surface area contributed by atoms with Crippen molar-refractivity contribution in [2.24, 2.45) is 12.0 Å². The van der Waals surface area contributed by atoms with Gasteiger partial charge in [-0.1, -0.05) is 23.4 Å². The van der Waals surface area contributed by atoms with Crippen molar-refractivity contribution in [3.63, 3.8) is 0 Å². The van der Waals surface area contributed by atoms with Crippen molar-refractivity contribution in [1.29, 1.82) is 0 Å². The van der Waals surface area contributed by atoms with E-state index in [4.69, 9.17) is 11.6 Å². The van der Waals surface area contributed by atoms with Crippen LogP contribution in [0.15, 0.2) is 33.2 Å². The second-order valence-corrected chi connectivity index (χ2v) is 7.76. The second-order valence-electron chi connectivity index (χ2n) is 5.09. The van der Waals surface area contributed by atoms with E-state index in [1.165, 1.54) is 0 Å². The Bertz CT molecular complexity index is 624. The first kappa shape index (κ1) is 18.2. The highest BCUT2D eigenvalue weighted by atomic mass is 35.5. The number of guanidine groups is 1. The molecule has 0 atom stereocenters. The van der Waals surface area contributed by atoms with Crippen LogP contribution in [-0.4, -0.2) is 46.8 Å². The van der Waals surface area contributed by atoms with Gasteiger partial charge >= 0.3 is 0 Å². The molecule has 1 N–H and O–H groups in total. The predicted octanol–water partition coefficient (Wildman–Crippen LogP) is 3.32. The van der Waals surface area contributed by atoms with Gasteiger partial charge in [-0.3, -0.25) is 4.99 Å². The molecule has 0 saturated carbocycles. The van der Waals surface area contributed by atoms with Gasteiger partial charge in [0.2, 0.25) is 0 Å². The number of rotatable bonds is 7. The van der Waals surface area contributed by atoms with Crippen LogP contribution in [0.3, 0.4) is 0 Å². The Balaban J connectivity index is 1.72. The Morgan fingerprint density at radius 2 is 2.39 bits per heavy atom. The summed E-state index contributed by atoms with van der Waals surface area (Å²) in [4.78, 5) is 10.7. The number of nitrogens with zero attached hydrogens (tertiary/aromatic N) is 4. The fourth-order valence-corrected chi connectivity index (χ4v) is 4.06. The molecule has 126 valence electrons. The van der Waals surface area contributed by atoms with Crippen LogP contribution in [-0.2, 0) is 13.6 Å². The van der Waals surface area contributed by atoms with E-state index in [1.54, 1.807) is 30.1 Å². The van der Waals surface area contributed by atoms with Gasteiger partial charge in [-0.25, -0.2) is 4.98 Å². The second kappa shape index (κ2) is 9.20. The van der Waals surface area contributed by atoms with E-state index in [0.29, 0.717) is 0 Å². The molecule has 0 aliphatic rings. The van der Waals surface area contributed by atoms with Crippen molar-refractivity contribution < 1.29 is 0 Å². The van der Waals surface area contributed by atoms with Gasteiger partial charge in [-0.2, -0.15) is 0 Å². The Kier molecular flexibility index (Phi) is 7.26. The summed E-state index contributed by atoms with van der Waals surface area (Å²) in [6, 6.07) is 1.98. The van der Waals surface area contributed by atoms with E-state index in [0.717, 1.165) is 46.3 Å². The summed E-state index contributed by atoms with van der Waals surface area (Å²) in [6.07, 6.45) is 4.82. The van der Waals surface area contributed by atoms with Crippen molar-refractivity contribution in [1.82, 2.24) is 19.8 Å². The van der Waals surface area contributed by atoms with E-state index >= 15 is 0 Å². The fraction of sp³-hybridized carbons (Fsp3) is 0.467. The van der Waals surface area contributed by atoms with Gasteiger partial charge in [0.25, 0.3) is 0 Å². The topological polar surface area (TPSA) is 45.5 Å². The van der Waals surface area contributed by atoms with Crippen molar-refractivity contribution in [2.45, 2.75) is 17.3 Å². The number of thiazole rings is 1. The van der Waals surface area contributed by atoms with Crippen molar-refractivity contribution in [2.75, 3.05) is 26.4 Å². The van der Waals surface area contributed by atoms with Crippen LogP contribution >= 0.6 is 34.7 Å². The van der Waals surface area contributed by atoms with Crippen molar-refractivity contribution in [3.05, 3.63) is 34.6 Å². The molecular formula is C15H22ClN5S2. The summed E-state index contributed by atoms with van der Waals surface area (Å²) in [5, 5.41) is 6.17. The lowest BCUT2D eigenvalue weighted by Gasteiger charge is -2.22. The number of hydrogen-bond donors (Lipinski definition) is 1. The van der Waals surface area contributed by atoms with Gasteiger partial charge in [-0.15, -0.1) is 11.3 Å². The highest BCUT2D eigenvalue weighted by Crippen LogP contribution is 2.20. The van der Waals surface area contributed by atoms with Crippen molar-refractivity contribution in [3.8, 4) is 0 Å². The van der Waals surface area contributed by atoms with Gasteiger partial charge < -0.3 is 14.8 Å². The van der Waals surface area contributed by atoms with E-state index in [2.05, 4.69) is 20.2 Å². The SMILES string of the molecule is CN=C(NCCCSc1nccs1)N(C)Cc1cc(Cl)cn1C. The van der Waals surface area contributed by atoms with Crippen LogP contribution in [0.5, 0.6) is 0 Å². The van der Waals surface area contributed by atoms with Crippen molar-refractivity contribution >= 4 is 40.7 Å². The number of hydrogen-bond acceptors (Lipinski definition) is 4. The maximum Gasteiger partial charge on any atom is 0.193 e. The molecule has 2 aromatic heterocycles. The predicted molar refractivity (Wildman–Crippen MR) is 101 cm³/mol. The zero-order valence-electron chi connectivity index (χ0n) is 13.6. The summed E-state index contributed by atoms with van der Waals surface area (Å²) in [6.45, 7) is 1.65. The fourth-order valence-electron chi connectivity index (χ4n) is 2.14. The summed E-state index contributed by atoms with van der Waals surface area (Å²) >= 11 is 9.52. The van der Waals surface area contributed by atoms with Crippen LogP contribution in [0.1, 0.15) is 12.1 Å².